The molecule has 1 amide bonds. The van der Waals surface area contributed by atoms with E-state index in [9.17, 15) is 9.18 Å². The van der Waals surface area contributed by atoms with Gasteiger partial charge in [0, 0.05) is 21.7 Å². The van der Waals surface area contributed by atoms with Crippen LogP contribution in [-0.4, -0.2) is 21.6 Å². The maximum atomic E-state index is 13.3. The van der Waals surface area contributed by atoms with E-state index in [2.05, 4.69) is 15.3 Å². The van der Waals surface area contributed by atoms with Crippen LogP contribution < -0.4 is 5.32 Å². The average molecular weight is 430 g/mol. The molecular formula is C20H13ClFN3OS2. The molecule has 0 radical (unpaired) electrons. The number of hydrogen-bond donors (Lipinski definition) is 1. The Kier molecular flexibility index (Phi) is 5.57. The number of carbonyl (C=O) groups excluding carboxylic acids is 1. The molecule has 0 saturated heterocycles. The molecule has 4 nitrogen and oxygen atoms in total. The quantitative estimate of drug-likeness (QED) is 0.318. The summed E-state index contributed by atoms with van der Waals surface area (Å²) in [5.41, 5.74) is 2.50. The van der Waals surface area contributed by atoms with E-state index in [1.807, 2.05) is 5.38 Å². The van der Waals surface area contributed by atoms with Crippen LogP contribution in [-0.2, 0) is 4.79 Å². The van der Waals surface area contributed by atoms with Gasteiger partial charge in [0.25, 0.3) is 0 Å². The zero-order valence-corrected chi connectivity index (χ0v) is 16.7. The summed E-state index contributed by atoms with van der Waals surface area (Å²) in [5, 5.41) is 7.02. The Hall–Kier alpha value is -2.48. The van der Waals surface area contributed by atoms with Crippen LogP contribution in [0.1, 0.15) is 0 Å². The highest BCUT2D eigenvalue weighted by Gasteiger charge is 2.15. The van der Waals surface area contributed by atoms with E-state index in [0.29, 0.717) is 10.7 Å². The van der Waals surface area contributed by atoms with E-state index in [-0.39, 0.29) is 17.5 Å². The van der Waals surface area contributed by atoms with Crippen molar-refractivity contribution in [1.82, 2.24) is 9.97 Å². The zero-order chi connectivity index (χ0) is 19.5. The number of rotatable bonds is 5. The number of halogens is 2. The Morgan fingerprint density at radius 1 is 1.11 bits per heavy atom. The van der Waals surface area contributed by atoms with Crippen LogP contribution in [0.4, 0.5) is 10.1 Å². The lowest BCUT2D eigenvalue weighted by Crippen LogP contribution is -2.14. The standard InChI is InChI=1S/C20H13ClFN3OS2/c21-13-3-7-15(8-4-13)25-17(26)10-28-20-18-16(9-27-19(18)23-11-24-20)12-1-5-14(22)6-2-12/h1-9,11H,10H2,(H,25,26). The van der Waals surface area contributed by atoms with Gasteiger partial charge in [0.2, 0.25) is 5.91 Å². The van der Waals surface area contributed by atoms with Crippen LogP contribution in [0.3, 0.4) is 0 Å². The number of thioether (sulfide) groups is 1. The van der Waals surface area contributed by atoms with Gasteiger partial charge in [-0.25, -0.2) is 14.4 Å². The fourth-order valence-electron chi connectivity index (χ4n) is 2.66. The summed E-state index contributed by atoms with van der Waals surface area (Å²) >= 11 is 8.69. The van der Waals surface area contributed by atoms with Crippen molar-refractivity contribution in [2.24, 2.45) is 0 Å². The predicted octanol–water partition coefficient (Wildman–Crippen LogP) is 5.88. The van der Waals surface area contributed by atoms with E-state index in [1.54, 1.807) is 36.4 Å². The number of anilines is 1. The lowest BCUT2D eigenvalue weighted by Gasteiger charge is -2.07. The molecule has 2 aromatic heterocycles. The third-order valence-electron chi connectivity index (χ3n) is 3.96. The summed E-state index contributed by atoms with van der Waals surface area (Å²) in [7, 11) is 0. The summed E-state index contributed by atoms with van der Waals surface area (Å²) in [4.78, 5) is 21.8. The molecule has 140 valence electrons. The Morgan fingerprint density at radius 3 is 2.61 bits per heavy atom. The second-order valence-corrected chi connectivity index (χ2v) is 8.12. The monoisotopic (exact) mass is 429 g/mol. The van der Waals surface area contributed by atoms with Gasteiger partial charge in [-0.15, -0.1) is 11.3 Å². The van der Waals surface area contributed by atoms with E-state index >= 15 is 0 Å². The zero-order valence-electron chi connectivity index (χ0n) is 14.4. The van der Waals surface area contributed by atoms with Gasteiger partial charge >= 0.3 is 0 Å². The topological polar surface area (TPSA) is 54.9 Å². The van der Waals surface area contributed by atoms with Gasteiger partial charge in [-0.2, -0.15) is 0 Å². The molecule has 0 bridgehead atoms. The summed E-state index contributed by atoms with van der Waals surface area (Å²) < 4.78 is 13.3. The van der Waals surface area contributed by atoms with Crippen molar-refractivity contribution in [3.63, 3.8) is 0 Å². The minimum atomic E-state index is -0.284. The van der Waals surface area contributed by atoms with E-state index in [0.717, 1.165) is 26.4 Å². The first-order valence-corrected chi connectivity index (χ1v) is 10.5. The number of aromatic nitrogens is 2. The number of carbonyl (C=O) groups is 1. The SMILES string of the molecule is O=C(CSc1ncnc2scc(-c3ccc(F)cc3)c12)Nc1ccc(Cl)cc1. The number of amides is 1. The maximum absolute atomic E-state index is 13.3. The first-order chi connectivity index (χ1) is 13.6. The number of benzene rings is 2. The lowest BCUT2D eigenvalue weighted by molar-refractivity contribution is -0.113. The number of nitrogens with zero attached hydrogens (tertiary/aromatic N) is 2. The molecule has 0 atom stereocenters. The fraction of sp³-hybridized carbons (Fsp3) is 0.0500. The van der Waals surface area contributed by atoms with Crippen molar-refractivity contribution in [1.29, 1.82) is 0 Å². The molecule has 2 heterocycles. The summed E-state index contributed by atoms with van der Waals surface area (Å²) in [6.45, 7) is 0. The first-order valence-electron chi connectivity index (χ1n) is 8.26. The normalized spacial score (nSPS) is 10.9. The van der Waals surface area contributed by atoms with Gasteiger partial charge in [0.15, 0.2) is 0 Å². The van der Waals surface area contributed by atoms with Gasteiger partial charge in [0.05, 0.1) is 11.1 Å². The minimum Gasteiger partial charge on any atom is -0.325 e. The van der Waals surface area contributed by atoms with Crippen LogP contribution in [0.2, 0.25) is 5.02 Å². The third-order valence-corrected chi connectivity index (χ3v) is 6.09. The largest absolute Gasteiger partial charge is 0.325 e. The molecule has 0 saturated carbocycles. The molecular weight excluding hydrogens is 417 g/mol. The van der Waals surface area contributed by atoms with E-state index < -0.39 is 0 Å². The van der Waals surface area contributed by atoms with Crippen molar-refractivity contribution in [2.75, 3.05) is 11.1 Å². The second-order valence-electron chi connectivity index (χ2n) is 5.86. The number of thiophene rings is 1. The maximum Gasteiger partial charge on any atom is 0.234 e. The molecule has 28 heavy (non-hydrogen) atoms. The highest BCUT2D eigenvalue weighted by Crippen LogP contribution is 2.37. The second kappa shape index (κ2) is 8.26. The van der Waals surface area contributed by atoms with Crippen molar-refractivity contribution < 1.29 is 9.18 Å². The molecule has 2 aromatic carbocycles. The highest BCUT2D eigenvalue weighted by atomic mass is 35.5. The summed E-state index contributed by atoms with van der Waals surface area (Å²) in [6, 6.07) is 13.2. The molecule has 4 rings (SSSR count). The van der Waals surface area contributed by atoms with E-state index in [4.69, 9.17) is 11.6 Å². The first kappa shape index (κ1) is 18.9. The molecule has 4 aromatic rings. The van der Waals surface area contributed by atoms with Gasteiger partial charge in [-0.05, 0) is 42.0 Å². The van der Waals surface area contributed by atoms with Crippen LogP contribution in [0.25, 0.3) is 21.3 Å². The summed E-state index contributed by atoms with van der Waals surface area (Å²) in [5.74, 6) is -0.223. The van der Waals surface area contributed by atoms with Crippen molar-refractivity contribution >= 4 is 56.5 Å². The molecule has 0 fully saturated rings. The van der Waals surface area contributed by atoms with Gasteiger partial charge in [0.1, 0.15) is 22.0 Å². The van der Waals surface area contributed by atoms with Gasteiger partial charge in [-0.1, -0.05) is 35.5 Å². The minimum absolute atomic E-state index is 0.141. The molecule has 0 spiro atoms. The van der Waals surface area contributed by atoms with Gasteiger partial charge < -0.3 is 5.32 Å². The van der Waals surface area contributed by atoms with Crippen LogP contribution >= 0.6 is 34.7 Å². The molecule has 0 aliphatic rings. The number of hydrogen-bond acceptors (Lipinski definition) is 5. The van der Waals surface area contributed by atoms with Crippen molar-refractivity contribution in [3.05, 3.63) is 71.1 Å². The number of fused-ring (bicyclic) bond motifs is 1. The average Bonchev–Trinajstić information content (AvgIpc) is 3.13. The third kappa shape index (κ3) is 4.16. The summed E-state index contributed by atoms with van der Waals surface area (Å²) in [6.07, 6.45) is 1.49. The number of nitrogens with one attached hydrogen (secondary N) is 1. The van der Waals surface area contributed by atoms with E-state index in [1.165, 1.54) is 41.6 Å². The Labute approximate surface area is 173 Å². The molecule has 1 N–H and O–H groups in total. The smallest absolute Gasteiger partial charge is 0.234 e. The van der Waals surface area contributed by atoms with Crippen LogP contribution in [0.5, 0.6) is 0 Å². The molecule has 0 unspecified atom stereocenters. The predicted molar refractivity (Wildman–Crippen MR) is 114 cm³/mol. The van der Waals surface area contributed by atoms with Crippen LogP contribution in [0, 0.1) is 5.82 Å². The van der Waals surface area contributed by atoms with Gasteiger partial charge in [-0.3, -0.25) is 4.79 Å². The van der Waals surface area contributed by atoms with Crippen LogP contribution in [0.15, 0.2) is 65.3 Å². The Balaban J connectivity index is 1.55. The lowest BCUT2D eigenvalue weighted by atomic mass is 10.1. The fourth-order valence-corrected chi connectivity index (χ4v) is 4.58. The molecule has 0 aliphatic carbocycles. The Morgan fingerprint density at radius 2 is 1.86 bits per heavy atom. The molecule has 8 heteroatoms. The Bertz CT molecular complexity index is 1130. The highest BCUT2D eigenvalue weighted by molar-refractivity contribution is 8.00. The molecule has 0 aliphatic heterocycles. The van der Waals surface area contributed by atoms with Crippen molar-refractivity contribution in [3.8, 4) is 11.1 Å². The van der Waals surface area contributed by atoms with Crippen molar-refractivity contribution in [2.45, 2.75) is 5.03 Å².